The summed E-state index contributed by atoms with van der Waals surface area (Å²) in [5.74, 6) is -0.273. The third kappa shape index (κ3) is 4.20. The van der Waals surface area contributed by atoms with Gasteiger partial charge in [-0.3, -0.25) is 0 Å². The maximum atomic E-state index is 11.5. The Balaban J connectivity index is 1.63. The largest absolute Gasteiger partial charge is 0.476 e. The van der Waals surface area contributed by atoms with E-state index in [1.54, 1.807) is 0 Å². The summed E-state index contributed by atoms with van der Waals surface area (Å²) < 4.78 is 0. The zero-order valence-corrected chi connectivity index (χ0v) is 11.3. The van der Waals surface area contributed by atoms with E-state index in [9.17, 15) is 9.59 Å². The maximum Gasteiger partial charge on any atom is 0.355 e. The highest BCUT2D eigenvalue weighted by atomic mass is 32.1. The first kappa shape index (κ1) is 13.8. The summed E-state index contributed by atoms with van der Waals surface area (Å²) in [4.78, 5) is 26.0. The lowest BCUT2D eigenvalue weighted by atomic mass is 9.83. The first-order chi connectivity index (χ1) is 9.15. The minimum atomic E-state index is -1.05. The van der Waals surface area contributed by atoms with E-state index in [-0.39, 0.29) is 18.3 Å². The Morgan fingerprint density at radius 1 is 1.42 bits per heavy atom. The van der Waals surface area contributed by atoms with Crippen LogP contribution in [0.25, 0.3) is 0 Å². The van der Waals surface area contributed by atoms with Gasteiger partial charge in [-0.2, -0.15) is 0 Å². The van der Waals surface area contributed by atoms with Gasteiger partial charge < -0.3 is 15.7 Å². The van der Waals surface area contributed by atoms with E-state index in [1.165, 1.54) is 36.0 Å². The molecule has 0 aliphatic heterocycles. The Bertz CT molecular complexity index is 457. The van der Waals surface area contributed by atoms with E-state index < -0.39 is 5.97 Å². The summed E-state index contributed by atoms with van der Waals surface area (Å²) in [5.41, 5.74) is 0.0205. The van der Waals surface area contributed by atoms with Crippen LogP contribution in [0.15, 0.2) is 5.38 Å². The van der Waals surface area contributed by atoms with Gasteiger partial charge in [0.05, 0.1) is 6.54 Å². The van der Waals surface area contributed by atoms with Crippen LogP contribution < -0.4 is 10.6 Å². The molecule has 1 saturated carbocycles. The number of carboxylic acids is 1. The molecule has 1 aromatic rings. The van der Waals surface area contributed by atoms with Crippen LogP contribution in [0.4, 0.5) is 4.79 Å². The van der Waals surface area contributed by atoms with Crippen molar-refractivity contribution in [1.82, 2.24) is 15.6 Å². The Labute approximate surface area is 115 Å². The minimum absolute atomic E-state index is 0.0205. The van der Waals surface area contributed by atoms with Gasteiger partial charge >= 0.3 is 12.0 Å². The molecule has 0 atom stereocenters. The number of hydrogen-bond donors (Lipinski definition) is 3. The molecule has 0 unspecified atom stereocenters. The minimum Gasteiger partial charge on any atom is -0.476 e. The summed E-state index contributed by atoms with van der Waals surface area (Å²) in [7, 11) is 0. The normalized spacial score (nSPS) is 14.7. The molecule has 104 valence electrons. The van der Waals surface area contributed by atoms with Crippen molar-refractivity contribution in [3.63, 3.8) is 0 Å². The van der Waals surface area contributed by atoms with Gasteiger partial charge in [0.25, 0.3) is 0 Å². The molecule has 6 nitrogen and oxygen atoms in total. The number of nitrogens with zero attached hydrogens (tertiary/aromatic N) is 1. The quantitative estimate of drug-likeness (QED) is 0.742. The predicted octanol–water partition coefficient (Wildman–Crippen LogP) is 1.83. The monoisotopic (exact) mass is 283 g/mol. The smallest absolute Gasteiger partial charge is 0.355 e. The van der Waals surface area contributed by atoms with Gasteiger partial charge in [0, 0.05) is 11.9 Å². The van der Waals surface area contributed by atoms with Crippen molar-refractivity contribution in [3.05, 3.63) is 16.1 Å². The third-order valence-corrected chi connectivity index (χ3v) is 4.08. The Hall–Kier alpha value is -1.63. The van der Waals surface area contributed by atoms with Crippen LogP contribution in [0.1, 0.15) is 41.2 Å². The number of rotatable bonds is 6. The summed E-state index contributed by atoms with van der Waals surface area (Å²) in [6.45, 7) is 0.946. The Morgan fingerprint density at radius 3 is 2.79 bits per heavy atom. The molecule has 19 heavy (non-hydrogen) atoms. The van der Waals surface area contributed by atoms with Gasteiger partial charge in [-0.25, -0.2) is 14.6 Å². The second-order valence-corrected chi connectivity index (χ2v) is 5.57. The molecule has 2 rings (SSSR count). The van der Waals surface area contributed by atoms with Crippen LogP contribution in [0.2, 0.25) is 0 Å². The zero-order chi connectivity index (χ0) is 13.7. The predicted molar refractivity (Wildman–Crippen MR) is 71.3 cm³/mol. The SMILES string of the molecule is O=C(NCCC1CCC1)NCc1nc(C(=O)O)cs1. The number of carbonyl (C=O) groups is 2. The van der Waals surface area contributed by atoms with E-state index in [0.29, 0.717) is 11.6 Å². The number of carbonyl (C=O) groups excluding carboxylic acids is 1. The first-order valence-electron chi connectivity index (χ1n) is 6.34. The molecule has 1 aliphatic carbocycles. The standard InChI is InChI=1S/C12H17N3O3S/c16-11(17)9-7-19-10(15-9)6-14-12(18)13-5-4-8-2-1-3-8/h7-8H,1-6H2,(H,16,17)(H2,13,14,18). The molecule has 0 bridgehead atoms. The van der Waals surface area contributed by atoms with E-state index >= 15 is 0 Å². The third-order valence-electron chi connectivity index (χ3n) is 3.23. The Morgan fingerprint density at radius 2 is 2.21 bits per heavy atom. The average molecular weight is 283 g/mol. The van der Waals surface area contributed by atoms with Crippen molar-refractivity contribution in [2.24, 2.45) is 5.92 Å². The van der Waals surface area contributed by atoms with Crippen molar-refractivity contribution in [2.75, 3.05) is 6.54 Å². The molecular weight excluding hydrogens is 266 g/mol. The van der Waals surface area contributed by atoms with Crippen LogP contribution in [0.5, 0.6) is 0 Å². The number of hydrogen-bond acceptors (Lipinski definition) is 4. The average Bonchev–Trinajstić information content (AvgIpc) is 2.78. The van der Waals surface area contributed by atoms with Gasteiger partial charge in [-0.05, 0) is 12.3 Å². The number of urea groups is 1. The summed E-state index contributed by atoms with van der Waals surface area (Å²) in [6.07, 6.45) is 4.90. The van der Waals surface area contributed by atoms with Crippen molar-refractivity contribution in [1.29, 1.82) is 0 Å². The van der Waals surface area contributed by atoms with Crippen molar-refractivity contribution in [2.45, 2.75) is 32.2 Å². The van der Waals surface area contributed by atoms with Crippen LogP contribution in [-0.4, -0.2) is 28.6 Å². The van der Waals surface area contributed by atoms with Crippen molar-refractivity contribution in [3.8, 4) is 0 Å². The van der Waals surface area contributed by atoms with Gasteiger partial charge in [0.2, 0.25) is 0 Å². The van der Waals surface area contributed by atoms with Gasteiger partial charge in [-0.15, -0.1) is 11.3 Å². The first-order valence-corrected chi connectivity index (χ1v) is 7.22. The van der Waals surface area contributed by atoms with Crippen LogP contribution in [0, 0.1) is 5.92 Å². The highest BCUT2D eigenvalue weighted by molar-refractivity contribution is 7.09. The van der Waals surface area contributed by atoms with Crippen LogP contribution >= 0.6 is 11.3 Å². The lowest BCUT2D eigenvalue weighted by molar-refractivity contribution is 0.0691. The number of thiazole rings is 1. The van der Waals surface area contributed by atoms with Crippen LogP contribution in [0.3, 0.4) is 0 Å². The van der Waals surface area contributed by atoms with E-state index in [4.69, 9.17) is 5.11 Å². The molecule has 0 spiro atoms. The lowest BCUT2D eigenvalue weighted by Crippen LogP contribution is -2.36. The summed E-state index contributed by atoms with van der Waals surface area (Å²) >= 11 is 1.23. The van der Waals surface area contributed by atoms with Gasteiger partial charge in [0.15, 0.2) is 5.69 Å². The number of aromatic nitrogens is 1. The molecule has 0 radical (unpaired) electrons. The Kier molecular flexibility index (Phi) is 4.73. The number of carboxylic acid groups (broad SMARTS) is 1. The highest BCUT2D eigenvalue weighted by Crippen LogP contribution is 2.28. The molecule has 2 amide bonds. The molecule has 1 fully saturated rings. The van der Waals surface area contributed by atoms with Crippen LogP contribution in [-0.2, 0) is 6.54 Å². The summed E-state index contributed by atoms with van der Waals surface area (Å²) in [6, 6.07) is -0.230. The highest BCUT2D eigenvalue weighted by Gasteiger charge is 2.16. The number of amides is 2. The maximum absolute atomic E-state index is 11.5. The van der Waals surface area contributed by atoms with E-state index in [2.05, 4.69) is 15.6 Å². The molecule has 1 heterocycles. The molecule has 0 aromatic carbocycles. The topological polar surface area (TPSA) is 91.3 Å². The number of nitrogens with one attached hydrogen (secondary N) is 2. The van der Waals surface area contributed by atoms with Gasteiger partial charge in [0.1, 0.15) is 5.01 Å². The molecule has 0 saturated heterocycles. The van der Waals surface area contributed by atoms with E-state index in [0.717, 1.165) is 12.3 Å². The zero-order valence-electron chi connectivity index (χ0n) is 10.5. The second-order valence-electron chi connectivity index (χ2n) is 4.63. The lowest BCUT2D eigenvalue weighted by Gasteiger charge is -2.25. The second kappa shape index (κ2) is 6.51. The fraction of sp³-hybridized carbons (Fsp3) is 0.583. The molecule has 1 aliphatic rings. The van der Waals surface area contributed by atoms with Crippen molar-refractivity contribution < 1.29 is 14.7 Å². The molecule has 3 N–H and O–H groups in total. The van der Waals surface area contributed by atoms with Crippen molar-refractivity contribution >= 4 is 23.3 Å². The van der Waals surface area contributed by atoms with E-state index in [1.807, 2.05) is 0 Å². The fourth-order valence-electron chi connectivity index (χ4n) is 1.88. The molecular formula is C12H17N3O3S. The summed E-state index contributed by atoms with van der Waals surface area (Å²) in [5, 5.41) is 16.2. The molecule has 1 aromatic heterocycles. The fourth-order valence-corrected chi connectivity index (χ4v) is 2.59. The molecule has 7 heteroatoms. The number of aromatic carboxylic acids is 1. The van der Waals surface area contributed by atoms with Gasteiger partial charge in [-0.1, -0.05) is 19.3 Å².